The Morgan fingerprint density at radius 2 is 2.08 bits per heavy atom. The summed E-state index contributed by atoms with van der Waals surface area (Å²) in [4.78, 5) is 4.78. The van der Waals surface area contributed by atoms with Crippen molar-refractivity contribution in [1.82, 2.24) is 25.4 Å². The van der Waals surface area contributed by atoms with E-state index in [1.54, 1.807) is 7.11 Å². The van der Waals surface area contributed by atoms with Crippen LogP contribution in [-0.4, -0.2) is 47.5 Å². The van der Waals surface area contributed by atoms with Gasteiger partial charge in [0.2, 0.25) is 0 Å². The first-order chi connectivity index (χ1) is 12.8. The second kappa shape index (κ2) is 9.35. The lowest BCUT2D eigenvalue weighted by molar-refractivity contribution is 0.0732. The largest absolute Gasteiger partial charge is 0.385 e. The van der Waals surface area contributed by atoms with Crippen LogP contribution in [0, 0.1) is 5.41 Å². The van der Waals surface area contributed by atoms with Gasteiger partial charge in [0.15, 0.2) is 11.8 Å². The number of fused-ring (bicyclic) bond motifs is 1. The summed E-state index contributed by atoms with van der Waals surface area (Å²) in [5.41, 5.74) is 0.373. The van der Waals surface area contributed by atoms with Crippen molar-refractivity contribution in [2.45, 2.75) is 71.4 Å². The van der Waals surface area contributed by atoms with Gasteiger partial charge in [0, 0.05) is 39.8 Å². The fraction of sp³-hybridized carbons (Fsp3) is 0.842. The Kier molecular flexibility index (Phi) is 6.88. The number of hydrogen-bond acceptors (Lipinski definition) is 4. The van der Waals surface area contributed by atoms with Crippen molar-refractivity contribution in [1.29, 1.82) is 0 Å². The van der Waals surface area contributed by atoms with Gasteiger partial charge in [-0.3, -0.25) is 0 Å². The maximum atomic E-state index is 5.30. The highest BCUT2D eigenvalue weighted by Gasteiger charge is 2.36. The average molecular weight is 363 g/mol. The SMILES string of the molecule is CCNC(=NCc1nnc2n1CCCCC2)NCC1(CCOC)CCC1. The highest BCUT2D eigenvalue weighted by atomic mass is 16.5. The van der Waals surface area contributed by atoms with Crippen molar-refractivity contribution in [3.63, 3.8) is 0 Å². The standard InChI is InChI=1S/C19H34N6O/c1-3-20-18(22-15-19(9-7-10-19)11-13-26-2)21-14-17-24-23-16-8-5-4-6-12-25(16)17/h3-15H2,1-2H3,(H2,20,21,22). The van der Waals surface area contributed by atoms with Crippen molar-refractivity contribution >= 4 is 5.96 Å². The molecule has 26 heavy (non-hydrogen) atoms. The molecule has 1 aliphatic heterocycles. The Labute approximate surface area is 157 Å². The second-order valence-corrected chi connectivity index (χ2v) is 7.64. The first-order valence-electron chi connectivity index (χ1n) is 10.2. The van der Waals surface area contributed by atoms with Gasteiger partial charge in [-0.05, 0) is 44.4 Å². The van der Waals surface area contributed by atoms with Gasteiger partial charge in [0.05, 0.1) is 0 Å². The summed E-state index contributed by atoms with van der Waals surface area (Å²) in [6.45, 7) is 6.35. The van der Waals surface area contributed by atoms with Gasteiger partial charge in [-0.15, -0.1) is 10.2 Å². The molecule has 0 atom stereocenters. The van der Waals surface area contributed by atoms with Crippen LogP contribution in [0.1, 0.15) is 63.5 Å². The lowest BCUT2D eigenvalue weighted by Crippen LogP contribution is -2.47. The second-order valence-electron chi connectivity index (χ2n) is 7.64. The molecule has 2 N–H and O–H groups in total. The Balaban J connectivity index is 1.60. The van der Waals surface area contributed by atoms with E-state index in [0.29, 0.717) is 12.0 Å². The molecular weight excluding hydrogens is 328 g/mol. The molecule has 7 heteroatoms. The molecule has 0 amide bonds. The van der Waals surface area contributed by atoms with Gasteiger partial charge in [-0.2, -0.15) is 0 Å². The van der Waals surface area contributed by atoms with E-state index in [1.807, 2.05) is 0 Å². The zero-order chi connectivity index (χ0) is 18.2. The smallest absolute Gasteiger partial charge is 0.191 e. The van der Waals surface area contributed by atoms with Gasteiger partial charge in [-0.1, -0.05) is 12.8 Å². The van der Waals surface area contributed by atoms with Crippen LogP contribution in [0.5, 0.6) is 0 Å². The Morgan fingerprint density at radius 1 is 1.19 bits per heavy atom. The quantitative estimate of drug-likeness (QED) is 0.548. The zero-order valence-electron chi connectivity index (χ0n) is 16.4. The minimum atomic E-state index is 0.373. The molecule has 1 saturated carbocycles. The van der Waals surface area contributed by atoms with Crippen molar-refractivity contribution in [3.8, 4) is 0 Å². The maximum absolute atomic E-state index is 5.30. The molecule has 1 fully saturated rings. The number of aryl methyl sites for hydroxylation is 1. The molecule has 0 spiro atoms. The van der Waals surface area contributed by atoms with Crippen LogP contribution in [0.2, 0.25) is 0 Å². The zero-order valence-corrected chi connectivity index (χ0v) is 16.4. The van der Waals surface area contributed by atoms with Crippen LogP contribution in [0.4, 0.5) is 0 Å². The Hall–Kier alpha value is -1.63. The van der Waals surface area contributed by atoms with Crippen molar-refractivity contribution in [2.24, 2.45) is 10.4 Å². The fourth-order valence-electron chi connectivity index (χ4n) is 3.94. The minimum absolute atomic E-state index is 0.373. The van der Waals surface area contributed by atoms with E-state index in [0.717, 1.165) is 56.7 Å². The third kappa shape index (κ3) is 4.75. The maximum Gasteiger partial charge on any atom is 0.191 e. The number of nitrogens with zero attached hydrogens (tertiary/aromatic N) is 4. The molecule has 3 rings (SSSR count). The van der Waals surface area contributed by atoms with E-state index in [2.05, 4.69) is 32.3 Å². The van der Waals surface area contributed by atoms with Crippen molar-refractivity contribution < 1.29 is 4.74 Å². The Bertz CT molecular complexity index is 593. The number of aromatic nitrogens is 3. The Morgan fingerprint density at radius 3 is 2.81 bits per heavy atom. The normalized spacial score (nSPS) is 19.4. The van der Waals surface area contributed by atoms with E-state index in [1.165, 1.54) is 38.5 Å². The summed E-state index contributed by atoms with van der Waals surface area (Å²) in [5, 5.41) is 15.7. The van der Waals surface area contributed by atoms with Crippen LogP contribution < -0.4 is 10.6 Å². The molecule has 2 aliphatic rings. The van der Waals surface area contributed by atoms with E-state index in [4.69, 9.17) is 9.73 Å². The average Bonchev–Trinajstić information content (AvgIpc) is 2.84. The van der Waals surface area contributed by atoms with Crippen LogP contribution in [0.3, 0.4) is 0 Å². The molecule has 0 unspecified atom stereocenters. The number of rotatable bonds is 8. The van der Waals surface area contributed by atoms with Crippen LogP contribution in [-0.2, 0) is 24.2 Å². The molecule has 0 saturated heterocycles. The minimum Gasteiger partial charge on any atom is -0.385 e. The van der Waals surface area contributed by atoms with Crippen molar-refractivity contribution in [2.75, 3.05) is 26.8 Å². The molecule has 0 radical (unpaired) electrons. The number of aliphatic imine (C=N–C) groups is 1. The topological polar surface area (TPSA) is 76.4 Å². The van der Waals surface area contributed by atoms with Gasteiger partial charge in [-0.25, -0.2) is 4.99 Å². The summed E-state index contributed by atoms with van der Waals surface area (Å²) in [6.07, 6.45) is 9.74. The highest BCUT2D eigenvalue weighted by Crippen LogP contribution is 2.43. The molecule has 1 aromatic heterocycles. The number of hydrogen-bond donors (Lipinski definition) is 2. The lowest BCUT2D eigenvalue weighted by Gasteiger charge is -2.42. The van der Waals surface area contributed by atoms with Crippen molar-refractivity contribution in [3.05, 3.63) is 11.6 Å². The predicted molar refractivity (Wildman–Crippen MR) is 103 cm³/mol. The van der Waals surface area contributed by atoms with Crippen LogP contribution in [0.25, 0.3) is 0 Å². The third-order valence-corrected chi connectivity index (χ3v) is 5.79. The summed E-state index contributed by atoms with van der Waals surface area (Å²) in [6, 6.07) is 0. The molecule has 7 nitrogen and oxygen atoms in total. The van der Waals surface area contributed by atoms with Gasteiger partial charge in [0.25, 0.3) is 0 Å². The summed E-state index contributed by atoms with van der Waals surface area (Å²) >= 11 is 0. The molecule has 2 heterocycles. The third-order valence-electron chi connectivity index (χ3n) is 5.79. The first-order valence-corrected chi connectivity index (χ1v) is 10.2. The summed E-state index contributed by atoms with van der Waals surface area (Å²) < 4.78 is 7.57. The molecule has 146 valence electrons. The predicted octanol–water partition coefficient (Wildman–Crippen LogP) is 2.27. The highest BCUT2D eigenvalue weighted by molar-refractivity contribution is 5.79. The van der Waals surface area contributed by atoms with E-state index in [9.17, 15) is 0 Å². The first kappa shape index (κ1) is 19.1. The number of guanidine groups is 1. The van der Waals surface area contributed by atoms with E-state index in [-0.39, 0.29) is 0 Å². The fourth-order valence-corrected chi connectivity index (χ4v) is 3.94. The van der Waals surface area contributed by atoms with E-state index >= 15 is 0 Å². The molecule has 0 aromatic carbocycles. The van der Waals surface area contributed by atoms with Gasteiger partial charge >= 0.3 is 0 Å². The van der Waals surface area contributed by atoms with Gasteiger partial charge < -0.3 is 19.9 Å². The number of methoxy groups -OCH3 is 1. The number of nitrogens with one attached hydrogen (secondary N) is 2. The molecule has 1 aliphatic carbocycles. The molecular formula is C19H34N6O. The van der Waals surface area contributed by atoms with E-state index < -0.39 is 0 Å². The lowest BCUT2D eigenvalue weighted by atomic mass is 9.67. The molecule has 1 aromatic rings. The number of ether oxygens (including phenoxy) is 1. The summed E-state index contributed by atoms with van der Waals surface area (Å²) in [7, 11) is 1.78. The molecule has 0 bridgehead atoms. The summed E-state index contributed by atoms with van der Waals surface area (Å²) in [5.74, 6) is 2.98. The van der Waals surface area contributed by atoms with Gasteiger partial charge in [0.1, 0.15) is 12.4 Å². The van der Waals surface area contributed by atoms with Crippen LogP contribution >= 0.6 is 0 Å². The monoisotopic (exact) mass is 362 g/mol. The van der Waals surface area contributed by atoms with Crippen LogP contribution in [0.15, 0.2) is 4.99 Å².